The van der Waals surface area contributed by atoms with E-state index >= 15 is 0 Å². The van der Waals surface area contributed by atoms with Crippen LogP contribution < -0.4 is 10.6 Å². The van der Waals surface area contributed by atoms with E-state index in [4.69, 9.17) is 4.74 Å². The summed E-state index contributed by atoms with van der Waals surface area (Å²) in [7, 11) is 0. The van der Waals surface area contributed by atoms with E-state index in [1.54, 1.807) is 18.5 Å². The number of nitrogens with zero attached hydrogens (tertiary/aromatic N) is 3. The molecule has 7 heteroatoms. The van der Waals surface area contributed by atoms with E-state index in [9.17, 15) is 4.79 Å². The molecular weight excluding hydrogens is 426 g/mol. The number of carbonyl (C=O) groups excluding carboxylic acids is 1. The fraction of sp³-hybridized carbons (Fsp3) is 0.259. The van der Waals surface area contributed by atoms with E-state index in [0.29, 0.717) is 18.3 Å². The second-order valence-electron chi connectivity index (χ2n) is 8.54. The van der Waals surface area contributed by atoms with Crippen LogP contribution in [0.4, 0.5) is 5.82 Å². The highest BCUT2D eigenvalue weighted by Gasteiger charge is 2.15. The van der Waals surface area contributed by atoms with Crippen molar-refractivity contribution in [3.63, 3.8) is 0 Å². The Labute approximate surface area is 198 Å². The van der Waals surface area contributed by atoms with Crippen LogP contribution in [0.3, 0.4) is 0 Å². The summed E-state index contributed by atoms with van der Waals surface area (Å²) in [5, 5.41) is 7.31. The molecule has 2 N–H and O–H groups in total. The number of benzene rings is 1. The number of nitrogens with one attached hydrogen (secondary N) is 2. The Kier molecular flexibility index (Phi) is 6.72. The second-order valence-corrected chi connectivity index (χ2v) is 8.54. The van der Waals surface area contributed by atoms with Gasteiger partial charge in [0.2, 0.25) is 0 Å². The Morgan fingerprint density at radius 1 is 0.941 bits per heavy atom. The smallest absolute Gasteiger partial charge is 0.270 e. The first-order chi connectivity index (χ1) is 16.7. The molecule has 0 aliphatic carbocycles. The monoisotopic (exact) mass is 453 g/mol. The first-order valence-corrected chi connectivity index (χ1v) is 11.6. The minimum absolute atomic E-state index is 0.217. The van der Waals surface area contributed by atoms with Gasteiger partial charge in [-0.1, -0.05) is 36.4 Å². The number of carbonyl (C=O) groups is 1. The summed E-state index contributed by atoms with van der Waals surface area (Å²) in [6.07, 6.45) is 8.15. The number of amides is 1. The standard InChI is InChI=1S/C27H27N5O2/c33-27(30-17-21-13-20(15-28-16-21)12-19-4-2-1-3-5-19)24-7-6-22-18-29-26(14-25(22)32-24)31-23-8-10-34-11-9-23/h1-7,13-16,18,23H,8-12,17H2,(H,29,31)(H,30,33). The highest BCUT2D eigenvalue weighted by atomic mass is 16.5. The van der Waals surface area contributed by atoms with Crippen molar-refractivity contribution in [2.45, 2.75) is 31.8 Å². The van der Waals surface area contributed by atoms with Crippen LogP contribution in [0.5, 0.6) is 0 Å². The quantitative estimate of drug-likeness (QED) is 0.437. The first kappa shape index (κ1) is 22.0. The van der Waals surface area contributed by atoms with Crippen LogP contribution >= 0.6 is 0 Å². The van der Waals surface area contributed by atoms with E-state index < -0.39 is 0 Å². The summed E-state index contributed by atoms with van der Waals surface area (Å²) in [6, 6.07) is 18.2. The van der Waals surface area contributed by atoms with Crippen LogP contribution in [-0.2, 0) is 17.7 Å². The Bertz CT molecular complexity index is 1270. The van der Waals surface area contributed by atoms with Crippen molar-refractivity contribution in [1.82, 2.24) is 20.3 Å². The fourth-order valence-electron chi connectivity index (χ4n) is 4.11. The molecule has 1 aliphatic heterocycles. The van der Waals surface area contributed by atoms with Crippen molar-refractivity contribution in [1.29, 1.82) is 0 Å². The predicted octanol–water partition coefficient (Wildman–Crippen LogP) is 4.14. The summed E-state index contributed by atoms with van der Waals surface area (Å²) in [5.74, 6) is 0.553. The average Bonchev–Trinajstić information content (AvgIpc) is 2.88. The highest BCUT2D eigenvalue weighted by Crippen LogP contribution is 2.19. The number of hydrogen-bond acceptors (Lipinski definition) is 6. The Hall–Kier alpha value is -3.84. The minimum Gasteiger partial charge on any atom is -0.381 e. The maximum Gasteiger partial charge on any atom is 0.270 e. The van der Waals surface area contributed by atoms with Gasteiger partial charge in [-0.05, 0) is 48.1 Å². The van der Waals surface area contributed by atoms with Crippen LogP contribution in [0.25, 0.3) is 10.9 Å². The third-order valence-corrected chi connectivity index (χ3v) is 5.94. The molecule has 1 saturated heterocycles. The van der Waals surface area contributed by atoms with E-state index in [1.165, 1.54) is 5.56 Å². The molecule has 34 heavy (non-hydrogen) atoms. The molecule has 5 rings (SSSR count). The topological polar surface area (TPSA) is 89.0 Å². The van der Waals surface area contributed by atoms with Gasteiger partial charge in [-0.15, -0.1) is 0 Å². The molecule has 7 nitrogen and oxygen atoms in total. The zero-order valence-electron chi connectivity index (χ0n) is 18.9. The Balaban J connectivity index is 1.24. The summed E-state index contributed by atoms with van der Waals surface area (Å²) in [5.41, 5.74) is 4.41. The van der Waals surface area contributed by atoms with Gasteiger partial charge in [0.15, 0.2) is 0 Å². The minimum atomic E-state index is -0.217. The zero-order valence-corrected chi connectivity index (χ0v) is 18.9. The van der Waals surface area contributed by atoms with Crippen LogP contribution in [0.15, 0.2) is 73.2 Å². The largest absolute Gasteiger partial charge is 0.381 e. The van der Waals surface area contributed by atoms with Crippen molar-refractivity contribution in [3.8, 4) is 0 Å². The predicted molar refractivity (Wildman–Crippen MR) is 132 cm³/mol. The lowest BCUT2D eigenvalue weighted by molar-refractivity contribution is 0.0903. The normalized spacial score (nSPS) is 14.1. The van der Waals surface area contributed by atoms with Crippen molar-refractivity contribution < 1.29 is 9.53 Å². The molecule has 1 aliphatic rings. The van der Waals surface area contributed by atoms with Gasteiger partial charge in [0.05, 0.1) is 5.52 Å². The summed E-state index contributed by atoms with van der Waals surface area (Å²) in [6.45, 7) is 1.91. The molecule has 1 fully saturated rings. The number of hydrogen-bond donors (Lipinski definition) is 2. The molecule has 0 bridgehead atoms. The molecule has 1 aromatic carbocycles. The average molecular weight is 454 g/mol. The van der Waals surface area contributed by atoms with Gasteiger partial charge < -0.3 is 15.4 Å². The Morgan fingerprint density at radius 2 is 1.76 bits per heavy atom. The zero-order chi connectivity index (χ0) is 23.2. The lowest BCUT2D eigenvalue weighted by atomic mass is 10.1. The summed E-state index contributed by atoms with van der Waals surface area (Å²) >= 11 is 0. The van der Waals surface area contributed by atoms with Gasteiger partial charge in [0, 0.05) is 55.8 Å². The van der Waals surface area contributed by atoms with Crippen molar-refractivity contribution >= 4 is 22.6 Å². The second kappa shape index (κ2) is 10.4. The third kappa shape index (κ3) is 5.55. The van der Waals surface area contributed by atoms with E-state index in [1.807, 2.05) is 36.5 Å². The summed E-state index contributed by atoms with van der Waals surface area (Å²) < 4.78 is 5.42. The number of ether oxygens (including phenoxy) is 1. The number of fused-ring (bicyclic) bond motifs is 1. The van der Waals surface area contributed by atoms with Crippen molar-refractivity contribution in [2.24, 2.45) is 0 Å². The van der Waals surface area contributed by atoms with Gasteiger partial charge in [-0.25, -0.2) is 9.97 Å². The van der Waals surface area contributed by atoms with Crippen LogP contribution in [0.2, 0.25) is 0 Å². The summed E-state index contributed by atoms with van der Waals surface area (Å²) in [4.78, 5) is 26.2. The highest BCUT2D eigenvalue weighted by molar-refractivity contribution is 5.95. The molecule has 1 amide bonds. The molecule has 3 aromatic heterocycles. The first-order valence-electron chi connectivity index (χ1n) is 11.6. The molecule has 0 saturated carbocycles. The van der Waals surface area contributed by atoms with Crippen LogP contribution in [-0.4, -0.2) is 40.1 Å². The van der Waals surface area contributed by atoms with Gasteiger partial charge in [-0.2, -0.15) is 0 Å². The van der Waals surface area contributed by atoms with E-state index in [-0.39, 0.29) is 5.91 Å². The molecule has 0 atom stereocenters. The lowest BCUT2D eigenvalue weighted by Crippen LogP contribution is -2.28. The number of anilines is 1. The van der Waals surface area contributed by atoms with E-state index in [2.05, 4.69) is 43.8 Å². The molecule has 0 spiro atoms. The number of rotatable bonds is 7. The van der Waals surface area contributed by atoms with Crippen molar-refractivity contribution in [2.75, 3.05) is 18.5 Å². The SMILES string of the molecule is O=C(NCc1cncc(Cc2ccccc2)c1)c1ccc2cnc(NC3CCOCC3)cc2n1. The Morgan fingerprint density at radius 3 is 2.62 bits per heavy atom. The third-order valence-electron chi connectivity index (χ3n) is 5.94. The fourth-order valence-corrected chi connectivity index (χ4v) is 4.11. The van der Waals surface area contributed by atoms with Crippen LogP contribution in [0, 0.1) is 0 Å². The maximum atomic E-state index is 12.8. The number of aromatic nitrogens is 3. The molecule has 4 heterocycles. The lowest BCUT2D eigenvalue weighted by Gasteiger charge is -2.23. The molecule has 4 aromatic rings. The van der Waals surface area contributed by atoms with E-state index in [0.717, 1.165) is 60.3 Å². The molecule has 0 unspecified atom stereocenters. The van der Waals surface area contributed by atoms with Crippen molar-refractivity contribution in [3.05, 3.63) is 95.6 Å². The number of pyridine rings is 3. The molecule has 0 radical (unpaired) electrons. The van der Waals surface area contributed by atoms with Gasteiger partial charge in [0.1, 0.15) is 11.5 Å². The molecule has 172 valence electrons. The van der Waals surface area contributed by atoms with Gasteiger partial charge >= 0.3 is 0 Å². The van der Waals surface area contributed by atoms with Crippen LogP contribution in [0.1, 0.15) is 40.0 Å². The molecular formula is C27H27N5O2. The van der Waals surface area contributed by atoms with Gasteiger partial charge in [-0.3, -0.25) is 9.78 Å². The van der Waals surface area contributed by atoms with Gasteiger partial charge in [0.25, 0.3) is 5.91 Å². The maximum absolute atomic E-state index is 12.8.